The number of carbonyl (C=O) groups excluding carboxylic acids is 2. The van der Waals surface area contributed by atoms with E-state index in [0.29, 0.717) is 0 Å². The van der Waals surface area contributed by atoms with Crippen LogP contribution in [-0.2, 0) is 9.59 Å². The number of carboxylic acid groups (broad SMARTS) is 1. The van der Waals surface area contributed by atoms with E-state index in [2.05, 4.69) is 15.9 Å². The summed E-state index contributed by atoms with van der Waals surface area (Å²) >= 11 is 2.99. The van der Waals surface area contributed by atoms with Crippen LogP contribution in [0.15, 0.2) is 16.6 Å². The Kier molecular flexibility index (Phi) is 3.16. The monoisotopic (exact) mass is 315 g/mol. The number of benzene rings is 1. The van der Waals surface area contributed by atoms with Crippen molar-refractivity contribution in [3.8, 4) is 0 Å². The Bertz CT molecular complexity index is 572. The van der Waals surface area contributed by atoms with Crippen molar-refractivity contribution in [2.75, 3.05) is 11.4 Å². The molecule has 1 aromatic carbocycles. The minimum absolute atomic E-state index is 0.151. The van der Waals surface area contributed by atoms with Crippen molar-refractivity contribution in [1.82, 2.24) is 0 Å². The lowest BCUT2D eigenvalue weighted by molar-refractivity contribution is -0.121. The van der Waals surface area contributed by atoms with Crippen LogP contribution in [0.25, 0.3) is 0 Å². The number of amides is 1. The molecule has 0 unspecified atom stereocenters. The maximum Gasteiger partial charge on any atom is 0.339 e. The number of anilines is 1. The molecule has 1 aliphatic heterocycles. The van der Waals surface area contributed by atoms with Gasteiger partial charge >= 0.3 is 5.97 Å². The highest BCUT2D eigenvalue weighted by molar-refractivity contribution is 9.10. The van der Waals surface area contributed by atoms with E-state index in [0.717, 1.165) is 11.0 Å². The first-order valence-electron chi connectivity index (χ1n) is 4.95. The van der Waals surface area contributed by atoms with Gasteiger partial charge in [0.2, 0.25) is 5.91 Å². The molecule has 0 atom stereocenters. The molecule has 7 heteroatoms. The lowest BCUT2D eigenvalue weighted by Gasteiger charge is -2.18. The van der Waals surface area contributed by atoms with Gasteiger partial charge in [-0.1, -0.05) is 0 Å². The standard InChI is InChI=1S/C11H7BrFNO4/c12-6-1-2-7(13)10(9(6)11(17)18)14-4-5(15)3-8(14)16/h1-2H,3-4H2,(H,17,18). The Morgan fingerprint density at radius 3 is 2.56 bits per heavy atom. The quantitative estimate of drug-likeness (QED) is 0.841. The van der Waals surface area contributed by atoms with Crippen molar-refractivity contribution in [2.24, 2.45) is 0 Å². The van der Waals surface area contributed by atoms with Crippen molar-refractivity contribution >= 4 is 39.3 Å². The first kappa shape index (κ1) is 12.7. The van der Waals surface area contributed by atoms with Gasteiger partial charge in [-0.2, -0.15) is 0 Å². The molecule has 0 aliphatic carbocycles. The predicted molar refractivity (Wildman–Crippen MR) is 63.0 cm³/mol. The number of aromatic carboxylic acids is 1. The van der Waals surface area contributed by atoms with Gasteiger partial charge in [-0.05, 0) is 28.1 Å². The van der Waals surface area contributed by atoms with E-state index in [4.69, 9.17) is 5.11 Å². The second-order valence-electron chi connectivity index (χ2n) is 3.75. The van der Waals surface area contributed by atoms with E-state index in [-0.39, 0.29) is 34.5 Å². The van der Waals surface area contributed by atoms with E-state index in [9.17, 15) is 18.8 Å². The molecule has 5 nitrogen and oxygen atoms in total. The summed E-state index contributed by atoms with van der Waals surface area (Å²) in [6.45, 7) is -0.299. The number of hydrogen-bond acceptors (Lipinski definition) is 3. The Balaban J connectivity index is 2.63. The van der Waals surface area contributed by atoms with Crippen LogP contribution in [-0.4, -0.2) is 29.3 Å². The van der Waals surface area contributed by atoms with Gasteiger partial charge in [0.1, 0.15) is 11.4 Å². The molecule has 1 saturated heterocycles. The van der Waals surface area contributed by atoms with Gasteiger partial charge in [-0.25, -0.2) is 9.18 Å². The van der Waals surface area contributed by atoms with E-state index in [1.807, 2.05) is 0 Å². The summed E-state index contributed by atoms with van der Waals surface area (Å²) in [4.78, 5) is 34.7. The molecule has 94 valence electrons. The zero-order valence-corrected chi connectivity index (χ0v) is 10.5. The van der Waals surface area contributed by atoms with Crippen molar-refractivity contribution < 1.29 is 23.9 Å². The zero-order valence-electron chi connectivity index (χ0n) is 8.94. The molecule has 0 saturated carbocycles. The van der Waals surface area contributed by atoms with Crippen molar-refractivity contribution in [2.45, 2.75) is 6.42 Å². The Morgan fingerprint density at radius 2 is 2.06 bits per heavy atom. The lowest BCUT2D eigenvalue weighted by atomic mass is 10.1. The summed E-state index contributed by atoms with van der Waals surface area (Å²) < 4.78 is 13.9. The van der Waals surface area contributed by atoms with Gasteiger partial charge in [0, 0.05) is 4.47 Å². The average Bonchev–Trinajstić information content (AvgIpc) is 2.60. The number of hydrogen-bond donors (Lipinski definition) is 1. The summed E-state index contributed by atoms with van der Waals surface area (Å²) in [5, 5.41) is 9.06. The largest absolute Gasteiger partial charge is 0.478 e. The van der Waals surface area contributed by atoms with Gasteiger partial charge in [0.15, 0.2) is 5.78 Å². The van der Waals surface area contributed by atoms with Crippen molar-refractivity contribution in [1.29, 1.82) is 0 Å². The van der Waals surface area contributed by atoms with E-state index >= 15 is 0 Å². The highest BCUT2D eigenvalue weighted by atomic mass is 79.9. The topological polar surface area (TPSA) is 74.7 Å². The van der Waals surface area contributed by atoms with Crippen molar-refractivity contribution in [3.63, 3.8) is 0 Å². The van der Waals surface area contributed by atoms with Gasteiger partial charge in [0.25, 0.3) is 0 Å². The van der Waals surface area contributed by atoms with Crippen molar-refractivity contribution in [3.05, 3.63) is 28.0 Å². The molecule has 1 heterocycles. The smallest absolute Gasteiger partial charge is 0.339 e. The summed E-state index contributed by atoms with van der Waals surface area (Å²) in [5.74, 6) is -3.18. The highest BCUT2D eigenvalue weighted by Crippen LogP contribution is 2.32. The molecule has 1 aromatic rings. The zero-order chi connectivity index (χ0) is 13.4. The fourth-order valence-electron chi connectivity index (χ4n) is 1.80. The summed E-state index contributed by atoms with van der Waals surface area (Å²) in [7, 11) is 0. The van der Waals surface area contributed by atoms with E-state index in [1.165, 1.54) is 6.07 Å². The number of ketones is 1. The molecular weight excluding hydrogens is 309 g/mol. The second kappa shape index (κ2) is 4.49. The Morgan fingerprint density at radius 1 is 1.39 bits per heavy atom. The number of rotatable bonds is 2. The molecule has 1 amide bonds. The number of carboxylic acids is 1. The first-order valence-corrected chi connectivity index (χ1v) is 5.74. The molecular formula is C11H7BrFNO4. The molecule has 0 radical (unpaired) electrons. The number of nitrogens with zero attached hydrogens (tertiary/aromatic N) is 1. The predicted octanol–water partition coefficient (Wildman–Crippen LogP) is 1.59. The minimum atomic E-state index is -1.37. The fraction of sp³-hybridized carbons (Fsp3) is 0.182. The first-order chi connectivity index (χ1) is 8.41. The molecule has 18 heavy (non-hydrogen) atoms. The third-order valence-corrected chi connectivity index (χ3v) is 3.21. The maximum absolute atomic E-state index is 13.8. The van der Waals surface area contributed by atoms with Crippen LogP contribution in [0.4, 0.5) is 10.1 Å². The third-order valence-electron chi connectivity index (χ3n) is 2.55. The SMILES string of the molecule is O=C1CC(=O)N(c2c(F)ccc(Br)c2C(=O)O)C1. The number of carbonyl (C=O) groups is 3. The average molecular weight is 316 g/mol. The summed E-state index contributed by atoms with van der Waals surface area (Å²) in [5.41, 5.74) is -0.731. The molecule has 2 rings (SSSR count). The Hall–Kier alpha value is -1.76. The number of halogens is 2. The van der Waals surface area contributed by atoms with Gasteiger partial charge in [-0.15, -0.1) is 0 Å². The van der Waals surface area contributed by atoms with Crippen LogP contribution in [0.1, 0.15) is 16.8 Å². The molecule has 0 aromatic heterocycles. The third kappa shape index (κ3) is 2.01. The normalized spacial score (nSPS) is 15.3. The molecule has 0 bridgehead atoms. The van der Waals surface area contributed by atoms with Crippen LogP contribution in [0.2, 0.25) is 0 Å². The van der Waals surface area contributed by atoms with E-state index < -0.39 is 17.7 Å². The minimum Gasteiger partial charge on any atom is -0.478 e. The van der Waals surface area contributed by atoms with Gasteiger partial charge < -0.3 is 10.0 Å². The molecule has 1 fully saturated rings. The number of Topliss-reactive ketones (excluding diaryl/α,β-unsaturated/α-hetero) is 1. The van der Waals surface area contributed by atoms with Gasteiger partial charge in [0.05, 0.1) is 18.7 Å². The van der Waals surface area contributed by atoms with Crippen LogP contribution >= 0.6 is 15.9 Å². The fourth-order valence-corrected chi connectivity index (χ4v) is 2.29. The van der Waals surface area contributed by atoms with Crippen LogP contribution < -0.4 is 4.90 Å². The van der Waals surface area contributed by atoms with E-state index in [1.54, 1.807) is 0 Å². The summed E-state index contributed by atoms with van der Waals surface area (Å²) in [6.07, 6.45) is -0.328. The molecule has 1 aliphatic rings. The molecule has 1 N–H and O–H groups in total. The van der Waals surface area contributed by atoms with Crippen LogP contribution in [0.5, 0.6) is 0 Å². The lowest BCUT2D eigenvalue weighted by Crippen LogP contribution is -2.28. The van der Waals surface area contributed by atoms with Crippen LogP contribution in [0, 0.1) is 5.82 Å². The maximum atomic E-state index is 13.8. The second-order valence-corrected chi connectivity index (χ2v) is 4.61. The highest BCUT2D eigenvalue weighted by Gasteiger charge is 2.34. The van der Waals surface area contributed by atoms with Crippen LogP contribution in [0.3, 0.4) is 0 Å². The Labute approximate surface area is 109 Å². The molecule has 0 spiro atoms. The van der Waals surface area contributed by atoms with Gasteiger partial charge in [-0.3, -0.25) is 9.59 Å². The summed E-state index contributed by atoms with van der Waals surface area (Å²) in [6, 6.07) is 2.28.